The third-order valence-corrected chi connectivity index (χ3v) is 4.74. The van der Waals surface area contributed by atoms with Crippen LogP contribution in [0.25, 0.3) is 0 Å². The van der Waals surface area contributed by atoms with Crippen molar-refractivity contribution in [1.29, 1.82) is 0 Å². The summed E-state index contributed by atoms with van der Waals surface area (Å²) in [6, 6.07) is 16.4. The van der Waals surface area contributed by atoms with Crippen molar-refractivity contribution in [2.45, 2.75) is 25.3 Å². The fraction of sp³-hybridized carbons (Fsp3) is 0.227. The molecule has 1 aliphatic heterocycles. The van der Waals surface area contributed by atoms with E-state index < -0.39 is 23.1 Å². The highest BCUT2D eigenvalue weighted by Crippen LogP contribution is 2.42. The van der Waals surface area contributed by atoms with E-state index in [0.29, 0.717) is 11.3 Å². The number of esters is 1. The average Bonchev–Trinajstić information content (AvgIpc) is 2.69. The molecule has 0 bridgehead atoms. The predicted molar refractivity (Wildman–Crippen MR) is 102 cm³/mol. The summed E-state index contributed by atoms with van der Waals surface area (Å²) in [5.41, 5.74) is 0.226. The van der Waals surface area contributed by atoms with Crippen molar-refractivity contribution in [2.75, 3.05) is 11.5 Å². The maximum Gasteiger partial charge on any atom is 0.325 e. The molecule has 1 unspecified atom stereocenters. The van der Waals surface area contributed by atoms with E-state index in [9.17, 15) is 14.4 Å². The third-order valence-electron chi connectivity index (χ3n) is 4.74. The Morgan fingerprint density at radius 2 is 1.78 bits per heavy atom. The first-order chi connectivity index (χ1) is 13.1. The minimum atomic E-state index is -1.68. The maximum atomic E-state index is 13.2. The fourth-order valence-corrected chi connectivity index (χ4v) is 3.49. The normalized spacial score (nSPS) is 18.8. The Balaban J connectivity index is 2.16. The Morgan fingerprint density at radius 3 is 2.44 bits per heavy atom. The molecule has 5 nitrogen and oxygen atoms in total. The van der Waals surface area contributed by atoms with Crippen molar-refractivity contribution in [3.63, 3.8) is 0 Å². The number of carbonyl (C=O) groups is 3. The lowest BCUT2D eigenvalue weighted by molar-refractivity contribution is -0.157. The van der Waals surface area contributed by atoms with Crippen LogP contribution in [0.4, 0.5) is 5.69 Å². The number of anilines is 1. The van der Waals surface area contributed by atoms with Gasteiger partial charge < -0.3 is 9.64 Å². The van der Waals surface area contributed by atoms with Crippen molar-refractivity contribution in [1.82, 2.24) is 0 Å². The zero-order valence-corrected chi connectivity index (χ0v) is 15.2. The second-order valence-corrected chi connectivity index (χ2v) is 6.34. The number of hydrogen-bond acceptors (Lipinski definition) is 4. The Labute approximate surface area is 158 Å². The van der Waals surface area contributed by atoms with Gasteiger partial charge in [0.15, 0.2) is 5.41 Å². The second kappa shape index (κ2) is 7.58. The van der Waals surface area contributed by atoms with Crippen molar-refractivity contribution in [2.24, 2.45) is 0 Å². The van der Waals surface area contributed by atoms with Crippen LogP contribution in [-0.2, 0) is 31.1 Å². The van der Waals surface area contributed by atoms with Crippen LogP contribution in [0.3, 0.4) is 0 Å². The number of carbonyl (C=O) groups excluding carboxylic acids is 3. The van der Waals surface area contributed by atoms with Crippen LogP contribution in [0.2, 0.25) is 0 Å². The molecule has 1 aliphatic rings. The van der Waals surface area contributed by atoms with Crippen LogP contribution in [0.15, 0.2) is 67.3 Å². The number of Topliss-reactive ketones (excluding diaryl/α,β-unsaturated/α-hetero) is 1. The molecule has 5 heteroatoms. The van der Waals surface area contributed by atoms with E-state index >= 15 is 0 Å². The van der Waals surface area contributed by atoms with E-state index in [4.69, 9.17) is 4.74 Å². The predicted octanol–water partition coefficient (Wildman–Crippen LogP) is 3.18. The van der Waals surface area contributed by atoms with E-state index in [1.165, 1.54) is 11.0 Å². The first-order valence-corrected chi connectivity index (χ1v) is 8.84. The summed E-state index contributed by atoms with van der Waals surface area (Å²) in [5, 5.41) is 0. The number of benzene rings is 2. The molecule has 0 aromatic heterocycles. The van der Waals surface area contributed by atoms with Crippen LogP contribution in [0.5, 0.6) is 0 Å². The SMILES string of the molecule is C=CCC1(C(=O)OCC)C(=O)C(=O)N(Cc2ccccc2)c2ccccc21. The second-order valence-electron chi connectivity index (χ2n) is 6.34. The molecular formula is C22H21NO4. The lowest BCUT2D eigenvalue weighted by Crippen LogP contribution is -2.56. The molecule has 0 N–H and O–H groups in total. The molecule has 2 aromatic rings. The Morgan fingerprint density at radius 1 is 1.11 bits per heavy atom. The Kier molecular flexibility index (Phi) is 5.21. The molecule has 3 rings (SSSR count). The third kappa shape index (κ3) is 3.05. The Hall–Kier alpha value is -3.21. The van der Waals surface area contributed by atoms with Gasteiger partial charge in [-0.15, -0.1) is 6.58 Å². The van der Waals surface area contributed by atoms with Gasteiger partial charge in [0.25, 0.3) is 5.91 Å². The number of ether oxygens (including phenoxy) is 1. The molecule has 0 aliphatic carbocycles. The van der Waals surface area contributed by atoms with Gasteiger partial charge in [0.2, 0.25) is 5.78 Å². The quantitative estimate of drug-likeness (QED) is 0.342. The number of amides is 1. The fourth-order valence-electron chi connectivity index (χ4n) is 3.49. The molecule has 1 heterocycles. The van der Waals surface area contributed by atoms with E-state index in [0.717, 1.165) is 5.56 Å². The maximum absolute atomic E-state index is 13.2. The van der Waals surface area contributed by atoms with Gasteiger partial charge in [-0.05, 0) is 25.0 Å². The summed E-state index contributed by atoms with van der Waals surface area (Å²) < 4.78 is 5.19. The summed E-state index contributed by atoms with van der Waals surface area (Å²) in [6.07, 6.45) is 1.48. The zero-order chi connectivity index (χ0) is 19.4. The molecule has 2 aromatic carbocycles. The summed E-state index contributed by atoms with van der Waals surface area (Å²) in [7, 11) is 0. The van der Waals surface area contributed by atoms with Crippen LogP contribution in [-0.4, -0.2) is 24.3 Å². The van der Waals surface area contributed by atoms with Crippen LogP contribution < -0.4 is 4.90 Å². The number of allylic oxidation sites excluding steroid dienone is 1. The van der Waals surface area contributed by atoms with Crippen LogP contribution >= 0.6 is 0 Å². The van der Waals surface area contributed by atoms with Gasteiger partial charge in [-0.1, -0.05) is 54.6 Å². The van der Waals surface area contributed by atoms with E-state index in [1.54, 1.807) is 31.2 Å². The molecule has 1 atom stereocenters. The number of para-hydroxylation sites is 1. The zero-order valence-electron chi connectivity index (χ0n) is 15.2. The highest BCUT2D eigenvalue weighted by atomic mass is 16.5. The van der Waals surface area contributed by atoms with Crippen molar-refractivity contribution >= 4 is 23.3 Å². The number of ketones is 1. The van der Waals surface area contributed by atoms with Crippen molar-refractivity contribution in [3.8, 4) is 0 Å². The molecule has 0 radical (unpaired) electrons. The van der Waals surface area contributed by atoms with Gasteiger partial charge in [-0.3, -0.25) is 14.4 Å². The standard InChI is InChI=1S/C22H21NO4/c1-3-14-22(21(26)27-4-2)17-12-8-9-13-18(17)23(20(25)19(22)24)15-16-10-6-5-7-11-16/h3,5-13H,1,4,14-15H2,2H3. The molecule has 27 heavy (non-hydrogen) atoms. The van der Waals surface area contributed by atoms with Gasteiger partial charge in [-0.25, -0.2) is 0 Å². The highest BCUT2D eigenvalue weighted by molar-refractivity contribution is 6.49. The van der Waals surface area contributed by atoms with Gasteiger partial charge in [0.1, 0.15) is 0 Å². The summed E-state index contributed by atoms with van der Waals surface area (Å²) >= 11 is 0. The van der Waals surface area contributed by atoms with Crippen LogP contribution in [0.1, 0.15) is 24.5 Å². The largest absolute Gasteiger partial charge is 0.465 e. The van der Waals surface area contributed by atoms with Gasteiger partial charge in [0.05, 0.1) is 13.2 Å². The van der Waals surface area contributed by atoms with E-state index in [-0.39, 0.29) is 19.6 Å². The molecule has 0 fully saturated rings. The number of hydrogen-bond donors (Lipinski definition) is 0. The van der Waals surface area contributed by atoms with Gasteiger partial charge in [0, 0.05) is 11.3 Å². The smallest absolute Gasteiger partial charge is 0.325 e. The summed E-state index contributed by atoms with van der Waals surface area (Å²) in [5.74, 6) is -2.21. The van der Waals surface area contributed by atoms with Crippen LogP contribution in [0, 0.1) is 0 Å². The minimum Gasteiger partial charge on any atom is -0.465 e. The van der Waals surface area contributed by atoms with Crippen molar-refractivity contribution < 1.29 is 19.1 Å². The van der Waals surface area contributed by atoms with E-state index in [1.807, 2.05) is 30.3 Å². The lowest BCUT2D eigenvalue weighted by atomic mass is 9.70. The van der Waals surface area contributed by atoms with Gasteiger partial charge >= 0.3 is 5.97 Å². The van der Waals surface area contributed by atoms with E-state index in [2.05, 4.69) is 6.58 Å². The topological polar surface area (TPSA) is 63.7 Å². The van der Waals surface area contributed by atoms with Gasteiger partial charge in [-0.2, -0.15) is 0 Å². The monoisotopic (exact) mass is 363 g/mol. The summed E-state index contributed by atoms with van der Waals surface area (Å²) in [6.45, 7) is 5.71. The average molecular weight is 363 g/mol. The summed E-state index contributed by atoms with van der Waals surface area (Å²) in [4.78, 5) is 40.5. The molecule has 0 spiro atoms. The highest BCUT2D eigenvalue weighted by Gasteiger charge is 2.56. The molecule has 1 amide bonds. The number of fused-ring (bicyclic) bond motifs is 1. The number of rotatable bonds is 6. The lowest BCUT2D eigenvalue weighted by Gasteiger charge is -2.39. The minimum absolute atomic E-state index is 0.00654. The molecule has 0 saturated carbocycles. The Bertz CT molecular complexity index is 890. The molecular weight excluding hydrogens is 342 g/mol. The number of nitrogens with zero attached hydrogens (tertiary/aromatic N) is 1. The first kappa shape index (κ1) is 18.6. The molecule has 138 valence electrons. The van der Waals surface area contributed by atoms with Crippen molar-refractivity contribution in [3.05, 3.63) is 78.4 Å². The first-order valence-electron chi connectivity index (χ1n) is 8.84. The molecule has 0 saturated heterocycles.